The number of amides is 1. The summed E-state index contributed by atoms with van der Waals surface area (Å²) in [6.07, 6.45) is 1.25. The largest absolute Gasteiger partial charge is 0.391 e. The highest BCUT2D eigenvalue weighted by molar-refractivity contribution is 5.92. The highest BCUT2D eigenvalue weighted by atomic mass is 16.3. The molecule has 6 heteroatoms. The Balaban J connectivity index is 1.88. The molecule has 1 atom stereocenters. The van der Waals surface area contributed by atoms with Crippen LogP contribution < -0.4 is 0 Å². The predicted octanol–water partition coefficient (Wildman–Crippen LogP) is 0.950. The molecule has 1 amide bonds. The quantitative estimate of drug-likeness (QED) is 0.900. The number of carbonyl (C=O) groups is 1. The van der Waals surface area contributed by atoms with Crippen LogP contribution >= 0.6 is 0 Å². The molecule has 2 rings (SSSR count). The Bertz CT molecular complexity index is 519. The molecular formula is C16H26N4O2. The van der Waals surface area contributed by atoms with E-state index in [1.807, 2.05) is 25.7 Å². The molecule has 1 aliphatic rings. The van der Waals surface area contributed by atoms with E-state index in [0.717, 1.165) is 13.1 Å². The topological polar surface area (TPSA) is 69.6 Å². The van der Waals surface area contributed by atoms with Gasteiger partial charge in [-0.2, -0.15) is 0 Å². The van der Waals surface area contributed by atoms with Crippen LogP contribution in [0.3, 0.4) is 0 Å². The lowest BCUT2D eigenvalue weighted by atomic mass is 9.89. The predicted molar refractivity (Wildman–Crippen MR) is 84.6 cm³/mol. The van der Waals surface area contributed by atoms with E-state index in [-0.39, 0.29) is 17.4 Å². The summed E-state index contributed by atoms with van der Waals surface area (Å²) in [4.78, 5) is 24.7. The average molecular weight is 306 g/mol. The van der Waals surface area contributed by atoms with Crippen molar-refractivity contribution in [2.45, 2.75) is 33.8 Å². The summed E-state index contributed by atoms with van der Waals surface area (Å²) in [5, 5.41) is 10.2. The summed E-state index contributed by atoms with van der Waals surface area (Å²) >= 11 is 0. The van der Waals surface area contributed by atoms with Crippen LogP contribution in [0.5, 0.6) is 0 Å². The van der Waals surface area contributed by atoms with Crippen molar-refractivity contribution >= 4 is 5.91 Å². The van der Waals surface area contributed by atoms with Gasteiger partial charge in [-0.3, -0.25) is 9.69 Å². The zero-order valence-corrected chi connectivity index (χ0v) is 13.9. The lowest BCUT2D eigenvalue weighted by Gasteiger charge is -2.37. The highest BCUT2D eigenvalue weighted by Crippen LogP contribution is 2.20. The number of nitrogens with zero attached hydrogens (tertiary/aromatic N) is 4. The number of hydrogen-bond donors (Lipinski definition) is 1. The van der Waals surface area contributed by atoms with E-state index in [1.54, 1.807) is 19.2 Å². The van der Waals surface area contributed by atoms with Crippen molar-refractivity contribution in [2.24, 2.45) is 5.41 Å². The first-order valence-corrected chi connectivity index (χ1v) is 7.77. The highest BCUT2D eigenvalue weighted by Gasteiger charge is 2.28. The van der Waals surface area contributed by atoms with Gasteiger partial charge in [-0.25, -0.2) is 9.97 Å². The van der Waals surface area contributed by atoms with Crippen LogP contribution in [0.15, 0.2) is 12.3 Å². The molecule has 0 radical (unpaired) electrons. The van der Waals surface area contributed by atoms with E-state index in [9.17, 15) is 9.90 Å². The molecular weight excluding hydrogens is 280 g/mol. The molecule has 1 aliphatic heterocycles. The van der Waals surface area contributed by atoms with Crippen LogP contribution in [0, 0.1) is 12.3 Å². The SMILES string of the molecule is Cc1nccc(C(=O)N2CCN(C[C@H](O)C(C)(C)C)CC2)n1. The van der Waals surface area contributed by atoms with Gasteiger partial charge in [0.2, 0.25) is 0 Å². The van der Waals surface area contributed by atoms with E-state index in [1.165, 1.54) is 0 Å². The maximum absolute atomic E-state index is 12.4. The summed E-state index contributed by atoms with van der Waals surface area (Å²) in [6, 6.07) is 1.66. The number of piperazine rings is 1. The van der Waals surface area contributed by atoms with Gasteiger partial charge in [-0.1, -0.05) is 20.8 Å². The Hall–Kier alpha value is -1.53. The van der Waals surface area contributed by atoms with Crippen LogP contribution in [-0.2, 0) is 0 Å². The van der Waals surface area contributed by atoms with E-state index >= 15 is 0 Å². The van der Waals surface area contributed by atoms with Crippen molar-refractivity contribution in [2.75, 3.05) is 32.7 Å². The molecule has 0 aromatic carbocycles. The van der Waals surface area contributed by atoms with Crippen molar-refractivity contribution in [3.05, 3.63) is 23.8 Å². The number of aryl methyl sites for hydroxylation is 1. The van der Waals surface area contributed by atoms with Crippen LogP contribution in [0.25, 0.3) is 0 Å². The molecule has 22 heavy (non-hydrogen) atoms. The van der Waals surface area contributed by atoms with Crippen LogP contribution in [0.1, 0.15) is 37.1 Å². The summed E-state index contributed by atoms with van der Waals surface area (Å²) < 4.78 is 0. The summed E-state index contributed by atoms with van der Waals surface area (Å²) in [5.74, 6) is 0.569. The number of aliphatic hydroxyl groups excluding tert-OH is 1. The lowest BCUT2D eigenvalue weighted by molar-refractivity contribution is 0.0136. The fourth-order valence-electron chi connectivity index (χ4n) is 2.39. The second-order valence-corrected chi connectivity index (χ2v) is 6.96. The molecule has 0 saturated carbocycles. The molecule has 1 N–H and O–H groups in total. The number of carbonyl (C=O) groups excluding carboxylic acids is 1. The zero-order chi connectivity index (χ0) is 16.3. The molecule has 1 fully saturated rings. The van der Waals surface area contributed by atoms with Gasteiger partial charge in [0.05, 0.1) is 6.10 Å². The minimum atomic E-state index is -0.362. The maximum Gasteiger partial charge on any atom is 0.272 e. The number of aliphatic hydroxyl groups is 1. The van der Waals surface area contributed by atoms with Gasteiger partial charge in [0.15, 0.2) is 0 Å². The second kappa shape index (κ2) is 6.71. The molecule has 6 nitrogen and oxygen atoms in total. The molecule has 0 unspecified atom stereocenters. The van der Waals surface area contributed by atoms with Gasteiger partial charge in [-0.15, -0.1) is 0 Å². The third-order valence-electron chi connectivity index (χ3n) is 4.09. The summed E-state index contributed by atoms with van der Waals surface area (Å²) in [5.41, 5.74) is 0.335. The van der Waals surface area contributed by atoms with Crippen LogP contribution in [0.4, 0.5) is 0 Å². The van der Waals surface area contributed by atoms with Crippen molar-refractivity contribution in [1.82, 2.24) is 19.8 Å². The Labute approximate surface area is 132 Å². The standard InChI is InChI=1S/C16H26N4O2/c1-12-17-6-5-13(18-12)15(22)20-9-7-19(8-10-20)11-14(21)16(2,3)4/h5-6,14,21H,7-11H2,1-4H3/t14-/m0/s1. The van der Waals surface area contributed by atoms with Gasteiger partial charge in [0.1, 0.15) is 11.5 Å². The zero-order valence-electron chi connectivity index (χ0n) is 13.9. The fraction of sp³-hybridized carbons (Fsp3) is 0.688. The Morgan fingerprint density at radius 3 is 2.50 bits per heavy atom. The number of rotatable bonds is 3. The average Bonchev–Trinajstić information content (AvgIpc) is 2.46. The molecule has 0 spiro atoms. The van der Waals surface area contributed by atoms with Crippen molar-refractivity contribution in [1.29, 1.82) is 0 Å². The minimum absolute atomic E-state index is 0.0403. The first-order chi connectivity index (χ1) is 10.3. The fourth-order valence-corrected chi connectivity index (χ4v) is 2.39. The Morgan fingerprint density at radius 2 is 1.95 bits per heavy atom. The monoisotopic (exact) mass is 306 g/mol. The van der Waals surface area contributed by atoms with Gasteiger partial charge in [-0.05, 0) is 18.4 Å². The van der Waals surface area contributed by atoms with Crippen molar-refractivity contribution < 1.29 is 9.90 Å². The van der Waals surface area contributed by atoms with Crippen LogP contribution in [0.2, 0.25) is 0 Å². The summed E-state index contributed by atoms with van der Waals surface area (Å²) in [7, 11) is 0. The molecule has 1 aromatic heterocycles. The van der Waals surface area contributed by atoms with E-state index in [2.05, 4.69) is 14.9 Å². The number of hydrogen-bond acceptors (Lipinski definition) is 5. The number of aromatic nitrogens is 2. The molecule has 0 aliphatic carbocycles. The molecule has 1 aromatic rings. The smallest absolute Gasteiger partial charge is 0.272 e. The first kappa shape index (κ1) is 16.8. The van der Waals surface area contributed by atoms with Gasteiger partial charge < -0.3 is 10.0 Å². The molecule has 1 saturated heterocycles. The van der Waals surface area contributed by atoms with Gasteiger partial charge >= 0.3 is 0 Å². The van der Waals surface area contributed by atoms with E-state index in [4.69, 9.17) is 0 Å². The second-order valence-electron chi connectivity index (χ2n) is 6.96. The molecule has 122 valence electrons. The van der Waals surface area contributed by atoms with E-state index in [0.29, 0.717) is 31.2 Å². The lowest BCUT2D eigenvalue weighted by Crippen LogP contribution is -2.51. The van der Waals surface area contributed by atoms with Gasteiger partial charge in [0, 0.05) is 38.9 Å². The van der Waals surface area contributed by atoms with Gasteiger partial charge in [0.25, 0.3) is 5.91 Å². The molecule has 0 bridgehead atoms. The van der Waals surface area contributed by atoms with Crippen molar-refractivity contribution in [3.8, 4) is 0 Å². The van der Waals surface area contributed by atoms with E-state index < -0.39 is 0 Å². The third kappa shape index (κ3) is 4.24. The number of β-amino-alcohol motifs (C(OH)–C–C–N with tert-alkyl or cyclic N) is 1. The third-order valence-corrected chi connectivity index (χ3v) is 4.09. The Morgan fingerprint density at radius 1 is 1.32 bits per heavy atom. The van der Waals surface area contributed by atoms with Crippen LogP contribution in [-0.4, -0.2) is 69.6 Å². The normalized spacial score (nSPS) is 18.3. The Kier molecular flexibility index (Phi) is 5.13. The molecule has 2 heterocycles. The van der Waals surface area contributed by atoms with Crippen molar-refractivity contribution in [3.63, 3.8) is 0 Å². The maximum atomic E-state index is 12.4. The minimum Gasteiger partial charge on any atom is -0.391 e. The summed E-state index contributed by atoms with van der Waals surface area (Å²) in [6.45, 7) is 11.4. The first-order valence-electron chi connectivity index (χ1n) is 7.77.